The van der Waals surface area contributed by atoms with Gasteiger partial charge in [-0.15, -0.1) is 0 Å². The lowest BCUT2D eigenvalue weighted by molar-refractivity contribution is -0.143. The molecule has 422 valence electrons. The van der Waals surface area contributed by atoms with Crippen LogP contribution in [0.5, 0.6) is 0 Å². The van der Waals surface area contributed by atoms with Crippen LogP contribution in [0.2, 0.25) is 0 Å². The minimum Gasteiger partial charge on any atom is -0.466 e. The summed E-state index contributed by atoms with van der Waals surface area (Å²) < 4.78 is 5.48. The number of hydrogen-bond acceptors (Lipinski definition) is 5. The quantitative estimate of drug-likeness (QED) is 0.0320. The highest BCUT2D eigenvalue weighted by atomic mass is 16.5. The lowest BCUT2D eigenvalue weighted by atomic mass is 10.0. The number of carbonyl (C=O) groups excluding carboxylic acids is 2. The monoisotopic (exact) mass is 1010 g/mol. The molecule has 0 bridgehead atoms. The van der Waals surface area contributed by atoms with Gasteiger partial charge in [-0.1, -0.05) is 281 Å². The predicted molar refractivity (Wildman–Crippen MR) is 315 cm³/mol. The van der Waals surface area contributed by atoms with Crippen molar-refractivity contribution >= 4 is 11.9 Å². The maximum atomic E-state index is 12.5. The van der Waals surface area contributed by atoms with Gasteiger partial charge in [0.1, 0.15) is 0 Å². The zero-order valence-corrected chi connectivity index (χ0v) is 48.2. The van der Waals surface area contributed by atoms with Crippen LogP contribution in [0, 0.1) is 0 Å². The molecular weight excluding hydrogens is 887 g/mol. The summed E-state index contributed by atoms with van der Waals surface area (Å²) in [5, 5.41) is 23.2. The van der Waals surface area contributed by atoms with Gasteiger partial charge in [-0.05, 0) is 89.9 Å². The zero-order valence-electron chi connectivity index (χ0n) is 48.2. The minimum atomic E-state index is -0.851. The molecule has 0 aromatic heterocycles. The molecule has 0 aliphatic rings. The van der Waals surface area contributed by atoms with E-state index in [0.29, 0.717) is 19.4 Å². The van der Waals surface area contributed by atoms with Gasteiger partial charge >= 0.3 is 5.97 Å². The van der Waals surface area contributed by atoms with E-state index in [1.54, 1.807) is 6.08 Å². The second kappa shape index (κ2) is 61.4. The number of ether oxygens (including phenoxy) is 1. The molecule has 0 saturated carbocycles. The number of carbonyl (C=O) groups is 2. The third kappa shape index (κ3) is 57.1. The lowest BCUT2D eigenvalue weighted by Gasteiger charge is -2.20. The minimum absolute atomic E-state index is 0.00600. The van der Waals surface area contributed by atoms with E-state index in [0.717, 1.165) is 57.8 Å². The van der Waals surface area contributed by atoms with Crippen molar-refractivity contribution in [3.8, 4) is 0 Å². The van der Waals surface area contributed by atoms with Gasteiger partial charge in [0.25, 0.3) is 0 Å². The summed E-state index contributed by atoms with van der Waals surface area (Å²) in [5.74, 6) is -0.0805. The number of esters is 1. The molecule has 0 radical (unpaired) electrons. The second-order valence-corrected chi connectivity index (χ2v) is 21.7. The van der Waals surface area contributed by atoms with Crippen LogP contribution in [0.25, 0.3) is 0 Å². The molecule has 3 N–H and O–H groups in total. The smallest absolute Gasteiger partial charge is 0.305 e. The Morgan fingerprint density at radius 2 is 0.694 bits per heavy atom. The first-order chi connectivity index (χ1) is 35.5. The Morgan fingerprint density at radius 3 is 1.08 bits per heavy atom. The van der Waals surface area contributed by atoms with E-state index in [-0.39, 0.29) is 18.5 Å². The van der Waals surface area contributed by atoms with Crippen molar-refractivity contribution in [2.24, 2.45) is 0 Å². The maximum Gasteiger partial charge on any atom is 0.305 e. The van der Waals surface area contributed by atoms with Crippen molar-refractivity contribution in [2.45, 2.75) is 347 Å². The molecule has 0 heterocycles. The van der Waals surface area contributed by atoms with E-state index >= 15 is 0 Å². The van der Waals surface area contributed by atoms with Gasteiger partial charge < -0.3 is 20.3 Å². The summed E-state index contributed by atoms with van der Waals surface area (Å²) in [4.78, 5) is 24.6. The fourth-order valence-electron chi connectivity index (χ4n) is 9.66. The van der Waals surface area contributed by atoms with Crippen LogP contribution in [0.1, 0.15) is 335 Å². The zero-order chi connectivity index (χ0) is 52.2. The van der Waals surface area contributed by atoms with Crippen LogP contribution in [0.4, 0.5) is 0 Å². The number of amides is 1. The highest BCUT2D eigenvalue weighted by Gasteiger charge is 2.18. The summed E-state index contributed by atoms with van der Waals surface area (Å²) in [5.41, 5.74) is 0. The first-order valence-corrected chi connectivity index (χ1v) is 31.9. The number of rotatable bonds is 59. The third-order valence-electron chi connectivity index (χ3n) is 14.6. The van der Waals surface area contributed by atoms with Crippen LogP contribution < -0.4 is 5.32 Å². The number of allylic oxidation sites excluding steroid dienone is 7. The first-order valence-electron chi connectivity index (χ1n) is 31.9. The molecule has 0 aliphatic carbocycles. The number of hydrogen-bond donors (Lipinski definition) is 3. The maximum absolute atomic E-state index is 12.5. The Labute approximate surface area is 448 Å². The van der Waals surface area contributed by atoms with E-state index < -0.39 is 12.1 Å². The van der Waals surface area contributed by atoms with Crippen molar-refractivity contribution in [1.29, 1.82) is 0 Å². The Bertz CT molecular complexity index is 1210. The third-order valence-corrected chi connectivity index (χ3v) is 14.6. The highest BCUT2D eigenvalue weighted by Crippen LogP contribution is 2.17. The number of aliphatic hydroxyl groups is 2. The predicted octanol–water partition coefficient (Wildman–Crippen LogP) is 20.1. The molecule has 1 amide bonds. The number of aliphatic hydroxyl groups excluding tert-OH is 2. The Morgan fingerprint density at radius 1 is 0.389 bits per heavy atom. The Balaban J connectivity index is 3.46. The van der Waals surface area contributed by atoms with Crippen LogP contribution >= 0.6 is 0 Å². The van der Waals surface area contributed by atoms with Gasteiger partial charge in [-0.3, -0.25) is 9.59 Å². The van der Waals surface area contributed by atoms with E-state index in [1.165, 1.54) is 250 Å². The van der Waals surface area contributed by atoms with Gasteiger partial charge in [0.05, 0.1) is 25.4 Å². The van der Waals surface area contributed by atoms with Crippen molar-refractivity contribution < 1.29 is 24.5 Å². The number of unbranched alkanes of at least 4 members (excludes halogenated alkanes) is 42. The van der Waals surface area contributed by atoms with Crippen LogP contribution in [-0.4, -0.2) is 47.4 Å². The fourth-order valence-corrected chi connectivity index (χ4v) is 9.66. The van der Waals surface area contributed by atoms with Crippen molar-refractivity contribution in [3.63, 3.8) is 0 Å². The summed E-state index contributed by atoms with van der Waals surface area (Å²) in [6.07, 6.45) is 78.6. The molecule has 0 saturated heterocycles. The van der Waals surface area contributed by atoms with Crippen LogP contribution in [0.15, 0.2) is 48.6 Å². The van der Waals surface area contributed by atoms with E-state index in [2.05, 4.69) is 55.6 Å². The molecular formula is C66H123NO5. The molecule has 0 aromatic carbocycles. The van der Waals surface area contributed by atoms with Crippen LogP contribution in [-0.2, 0) is 14.3 Å². The lowest BCUT2D eigenvalue weighted by Crippen LogP contribution is -2.45. The van der Waals surface area contributed by atoms with Crippen LogP contribution in [0.3, 0.4) is 0 Å². The molecule has 0 aromatic rings. The van der Waals surface area contributed by atoms with Gasteiger partial charge in [0.2, 0.25) is 5.91 Å². The van der Waals surface area contributed by atoms with Gasteiger partial charge in [-0.2, -0.15) is 0 Å². The fraction of sp³-hybridized carbons (Fsp3) is 0.848. The molecule has 0 spiro atoms. The molecule has 2 unspecified atom stereocenters. The van der Waals surface area contributed by atoms with E-state index in [4.69, 9.17) is 4.74 Å². The average molecular weight is 1010 g/mol. The summed E-state index contributed by atoms with van der Waals surface area (Å²) in [7, 11) is 0. The normalized spacial score (nSPS) is 12.9. The van der Waals surface area contributed by atoms with Gasteiger partial charge in [0, 0.05) is 12.8 Å². The molecule has 2 atom stereocenters. The molecule has 72 heavy (non-hydrogen) atoms. The molecule has 0 rings (SSSR count). The largest absolute Gasteiger partial charge is 0.466 e. The average Bonchev–Trinajstić information content (AvgIpc) is 3.38. The Kier molecular flexibility index (Phi) is 59.5. The van der Waals surface area contributed by atoms with E-state index in [9.17, 15) is 19.8 Å². The molecule has 6 heteroatoms. The second-order valence-electron chi connectivity index (χ2n) is 21.7. The summed E-state index contributed by atoms with van der Waals surface area (Å²) >= 11 is 0. The van der Waals surface area contributed by atoms with Gasteiger partial charge in [0.15, 0.2) is 0 Å². The summed E-state index contributed by atoms with van der Waals surface area (Å²) in [6, 6.07) is -0.635. The molecule has 0 fully saturated rings. The van der Waals surface area contributed by atoms with Crippen molar-refractivity contribution in [3.05, 3.63) is 48.6 Å². The Hall–Kier alpha value is -2.18. The standard InChI is InChI=1S/C66H123NO5/c1-3-5-7-9-11-13-15-17-19-21-27-30-34-38-42-46-50-54-58-64(69)63(62-68)67-65(70)59-55-51-47-43-39-35-31-28-25-23-22-24-26-29-33-37-41-45-49-53-57-61-72-66(71)60-56-52-48-44-40-36-32-20-18-16-14-12-10-8-6-4-2/h14,16,20,23,25,32,54,58,63-64,68-69H,3-13,15,17-19,21-22,24,26-31,33-53,55-57,59-62H2,1-2H3,(H,67,70)/b16-14-,25-23-,32-20-,58-54+. The number of nitrogens with one attached hydrogen (secondary N) is 1. The first kappa shape index (κ1) is 69.8. The van der Waals surface area contributed by atoms with Gasteiger partial charge in [-0.25, -0.2) is 0 Å². The topological polar surface area (TPSA) is 95.9 Å². The van der Waals surface area contributed by atoms with E-state index in [1.807, 2.05) is 6.08 Å². The molecule has 0 aliphatic heterocycles. The van der Waals surface area contributed by atoms with Crippen molar-refractivity contribution in [1.82, 2.24) is 5.32 Å². The SMILES string of the molecule is CCCCCC/C=C\C/C=C\CCCCCCCC(=O)OCCCCCCCCCCCC/C=C\CCCCCCCCCC(=O)NC(CO)C(O)/C=C/CCCCCCCCCCCCCCCCCC. The summed E-state index contributed by atoms with van der Waals surface area (Å²) in [6.45, 7) is 4.89. The molecule has 6 nitrogen and oxygen atoms in total. The highest BCUT2D eigenvalue weighted by molar-refractivity contribution is 5.76. The van der Waals surface area contributed by atoms with Crippen molar-refractivity contribution in [2.75, 3.05) is 13.2 Å².